The van der Waals surface area contributed by atoms with Crippen molar-refractivity contribution in [2.75, 3.05) is 19.4 Å². The van der Waals surface area contributed by atoms with Gasteiger partial charge in [-0.1, -0.05) is 11.6 Å². The largest absolute Gasteiger partial charge is 0.493 e. The molecule has 30 heavy (non-hydrogen) atoms. The summed E-state index contributed by atoms with van der Waals surface area (Å²) in [4.78, 5) is 2.78. The van der Waals surface area contributed by atoms with Crippen molar-refractivity contribution in [3.8, 4) is 11.8 Å². The fourth-order valence-corrected chi connectivity index (χ4v) is 5.08. The van der Waals surface area contributed by atoms with Gasteiger partial charge in [-0.15, -0.1) is 0 Å². The van der Waals surface area contributed by atoms with Gasteiger partial charge in [-0.05, 0) is 74.7 Å². The van der Waals surface area contributed by atoms with Crippen LogP contribution in [0.3, 0.4) is 0 Å². The highest BCUT2D eigenvalue weighted by atomic mass is 35.5. The van der Waals surface area contributed by atoms with Crippen LogP contribution in [-0.2, 0) is 16.3 Å². The molecule has 160 valence electrons. The number of ether oxygens (including phenoxy) is 1. The van der Waals surface area contributed by atoms with E-state index in [4.69, 9.17) is 21.6 Å². The molecule has 1 heterocycles. The molecule has 0 N–H and O–H groups in total. The summed E-state index contributed by atoms with van der Waals surface area (Å²) >= 11 is 6.14. The predicted molar refractivity (Wildman–Crippen MR) is 119 cm³/mol. The minimum absolute atomic E-state index is 0.296. The molecule has 1 aliphatic rings. The van der Waals surface area contributed by atoms with Gasteiger partial charge in [0.1, 0.15) is 5.75 Å². The fraction of sp³-hybridized carbons (Fsp3) is 0.435. The summed E-state index contributed by atoms with van der Waals surface area (Å²) in [6.45, 7) is 5.98. The topological polar surface area (TPSA) is 70.4 Å². The molecule has 1 aliphatic heterocycles. The molecule has 0 unspecified atom stereocenters. The maximum absolute atomic E-state index is 11.6. The molecule has 0 amide bonds. The van der Waals surface area contributed by atoms with Crippen molar-refractivity contribution in [1.82, 2.24) is 4.90 Å². The Labute approximate surface area is 184 Å². The van der Waals surface area contributed by atoms with Gasteiger partial charge in [0, 0.05) is 35.8 Å². The molecule has 5 nitrogen and oxygen atoms in total. The second kappa shape index (κ2) is 9.38. The molecule has 3 atom stereocenters. The number of halogens is 1. The number of likely N-dealkylation sites (tertiary alicyclic amines) is 1. The highest BCUT2D eigenvalue weighted by Crippen LogP contribution is 2.28. The van der Waals surface area contributed by atoms with Gasteiger partial charge < -0.3 is 4.74 Å². The van der Waals surface area contributed by atoms with Crippen molar-refractivity contribution in [1.29, 1.82) is 5.26 Å². The van der Waals surface area contributed by atoms with E-state index >= 15 is 0 Å². The molecule has 7 heteroatoms. The number of sulfone groups is 1. The number of nitrogens with zero attached hydrogens (tertiary/aromatic N) is 2. The summed E-state index contributed by atoms with van der Waals surface area (Å²) in [7, 11) is -3.20. The van der Waals surface area contributed by atoms with Gasteiger partial charge in [0.25, 0.3) is 0 Å². The first kappa shape index (κ1) is 22.6. The SMILES string of the molecule is C[C@H](Cc1cc(Cl)cc(C#N)c1)N1C[C@@H](COc2ccc(S(C)(=O)=O)cc2)C[C@H]1C. The smallest absolute Gasteiger partial charge is 0.175 e. The number of hydrogen-bond acceptors (Lipinski definition) is 5. The molecular weight excluding hydrogens is 420 g/mol. The van der Waals surface area contributed by atoms with E-state index in [1.165, 1.54) is 6.26 Å². The van der Waals surface area contributed by atoms with Crippen molar-refractivity contribution in [2.45, 2.75) is 43.7 Å². The lowest BCUT2D eigenvalue weighted by Gasteiger charge is -2.29. The zero-order chi connectivity index (χ0) is 21.9. The van der Waals surface area contributed by atoms with E-state index in [2.05, 4.69) is 24.8 Å². The summed E-state index contributed by atoms with van der Waals surface area (Å²) in [5.74, 6) is 1.09. The molecule has 2 aromatic carbocycles. The van der Waals surface area contributed by atoms with Gasteiger partial charge >= 0.3 is 0 Å². The Morgan fingerprint density at radius 1 is 1.27 bits per heavy atom. The van der Waals surface area contributed by atoms with E-state index in [1.807, 2.05) is 12.1 Å². The van der Waals surface area contributed by atoms with Gasteiger partial charge in [0.15, 0.2) is 9.84 Å². The Balaban J connectivity index is 1.56. The lowest BCUT2D eigenvalue weighted by atomic mass is 10.0. The molecule has 0 saturated carbocycles. The van der Waals surface area contributed by atoms with Crippen molar-refractivity contribution in [3.63, 3.8) is 0 Å². The maximum atomic E-state index is 11.6. The monoisotopic (exact) mass is 446 g/mol. The minimum Gasteiger partial charge on any atom is -0.493 e. The molecule has 0 radical (unpaired) electrons. The number of rotatable bonds is 7. The highest BCUT2D eigenvalue weighted by Gasteiger charge is 2.32. The predicted octanol–water partition coefficient (Wildman–Crippen LogP) is 4.34. The summed E-state index contributed by atoms with van der Waals surface area (Å²) in [5, 5.41) is 9.75. The molecule has 1 fully saturated rings. The van der Waals surface area contributed by atoms with Crippen LogP contribution in [0, 0.1) is 17.2 Å². The van der Waals surface area contributed by atoms with Crippen molar-refractivity contribution in [2.24, 2.45) is 5.92 Å². The zero-order valence-electron chi connectivity index (χ0n) is 17.5. The fourth-order valence-electron chi connectivity index (χ4n) is 4.19. The molecule has 1 saturated heterocycles. The molecule has 0 spiro atoms. The van der Waals surface area contributed by atoms with E-state index in [0.29, 0.717) is 45.8 Å². The minimum atomic E-state index is -3.20. The van der Waals surface area contributed by atoms with E-state index in [0.717, 1.165) is 24.9 Å². The average molecular weight is 447 g/mol. The van der Waals surface area contributed by atoms with E-state index in [9.17, 15) is 8.42 Å². The summed E-state index contributed by atoms with van der Waals surface area (Å²) in [6.07, 6.45) is 3.08. The van der Waals surface area contributed by atoms with Gasteiger partial charge in [0.05, 0.1) is 23.1 Å². The van der Waals surface area contributed by atoms with Crippen LogP contribution in [0.1, 0.15) is 31.4 Å². The molecular formula is C23H27ClN2O3S. The van der Waals surface area contributed by atoms with Crippen LogP contribution >= 0.6 is 11.6 Å². The van der Waals surface area contributed by atoms with Crippen molar-refractivity contribution >= 4 is 21.4 Å². The summed E-state index contributed by atoms with van der Waals surface area (Å²) in [5.41, 5.74) is 1.66. The van der Waals surface area contributed by atoms with Gasteiger partial charge in [-0.2, -0.15) is 5.26 Å². The Morgan fingerprint density at radius 3 is 2.60 bits per heavy atom. The van der Waals surface area contributed by atoms with Crippen LogP contribution < -0.4 is 4.74 Å². The Bertz CT molecular complexity index is 1030. The number of benzene rings is 2. The molecule has 0 aromatic heterocycles. The Morgan fingerprint density at radius 2 is 1.97 bits per heavy atom. The Kier molecular flexibility index (Phi) is 7.07. The van der Waals surface area contributed by atoms with Crippen LogP contribution in [0.25, 0.3) is 0 Å². The third-order valence-corrected chi connectivity index (χ3v) is 6.98. The second-order valence-electron chi connectivity index (χ2n) is 8.22. The molecule has 3 rings (SSSR count). The Hall–Kier alpha value is -2.07. The van der Waals surface area contributed by atoms with E-state index in [-0.39, 0.29) is 0 Å². The van der Waals surface area contributed by atoms with Gasteiger partial charge in [-0.3, -0.25) is 4.90 Å². The summed E-state index contributed by atoms with van der Waals surface area (Å²) in [6, 6.07) is 15.0. The van der Waals surface area contributed by atoms with Crippen molar-refractivity contribution in [3.05, 3.63) is 58.6 Å². The highest BCUT2D eigenvalue weighted by molar-refractivity contribution is 7.90. The number of nitriles is 1. The quantitative estimate of drug-likeness (QED) is 0.632. The third-order valence-electron chi connectivity index (χ3n) is 5.63. The first-order chi connectivity index (χ1) is 14.2. The first-order valence-electron chi connectivity index (χ1n) is 10.0. The molecule has 0 aliphatic carbocycles. The van der Waals surface area contributed by atoms with Crippen LogP contribution in [0.2, 0.25) is 5.02 Å². The molecule has 0 bridgehead atoms. The lowest BCUT2D eigenvalue weighted by Crippen LogP contribution is -2.37. The van der Waals surface area contributed by atoms with Crippen LogP contribution in [0.5, 0.6) is 5.75 Å². The van der Waals surface area contributed by atoms with Gasteiger partial charge in [-0.25, -0.2) is 8.42 Å². The third kappa shape index (κ3) is 5.75. The molecule has 2 aromatic rings. The van der Waals surface area contributed by atoms with Crippen LogP contribution in [0.4, 0.5) is 0 Å². The second-order valence-corrected chi connectivity index (χ2v) is 10.7. The lowest BCUT2D eigenvalue weighted by molar-refractivity contribution is 0.188. The van der Waals surface area contributed by atoms with E-state index < -0.39 is 9.84 Å². The zero-order valence-corrected chi connectivity index (χ0v) is 19.1. The summed E-state index contributed by atoms with van der Waals surface area (Å²) < 4.78 is 29.0. The van der Waals surface area contributed by atoms with Crippen LogP contribution in [0.15, 0.2) is 47.4 Å². The standard InChI is InChI=1S/C23H27ClN2O3S/c1-16(8-18-10-19(13-25)12-21(24)11-18)26-14-20(9-17(26)2)15-29-22-4-6-23(7-5-22)30(3,27)28/h4-7,10-12,16-17,20H,8-9,14-15H2,1-3H3/t16-,17-,20+/m1/s1. The van der Waals surface area contributed by atoms with Gasteiger partial charge in [0.2, 0.25) is 0 Å². The normalized spacial score (nSPS) is 20.6. The van der Waals surface area contributed by atoms with E-state index in [1.54, 1.807) is 30.3 Å². The first-order valence-corrected chi connectivity index (χ1v) is 12.3. The van der Waals surface area contributed by atoms with Crippen LogP contribution in [-0.4, -0.2) is 44.8 Å². The average Bonchev–Trinajstić information content (AvgIpc) is 3.06. The number of hydrogen-bond donors (Lipinski definition) is 0. The van der Waals surface area contributed by atoms with Crippen molar-refractivity contribution < 1.29 is 13.2 Å². The maximum Gasteiger partial charge on any atom is 0.175 e.